The van der Waals surface area contributed by atoms with Crippen LogP contribution in [0.1, 0.15) is 19.3 Å². The van der Waals surface area contributed by atoms with Crippen LogP contribution in [0, 0.1) is 16.0 Å². The van der Waals surface area contributed by atoms with Crippen molar-refractivity contribution in [2.75, 3.05) is 11.9 Å². The van der Waals surface area contributed by atoms with E-state index < -0.39 is 4.92 Å². The molecule has 0 spiro atoms. The zero-order valence-electron chi connectivity index (χ0n) is 10.1. The summed E-state index contributed by atoms with van der Waals surface area (Å²) in [5.41, 5.74) is 0.366. The molecule has 0 radical (unpaired) electrons. The molecule has 0 bridgehead atoms. The van der Waals surface area contributed by atoms with Crippen LogP contribution in [-0.2, 0) is 0 Å². The largest absolute Gasteiger partial charge is 0.396 e. The van der Waals surface area contributed by atoms with E-state index in [0.717, 1.165) is 19.3 Å². The molecule has 7 heteroatoms. The van der Waals surface area contributed by atoms with E-state index >= 15 is 0 Å². The third-order valence-electron chi connectivity index (χ3n) is 3.46. The Labute approximate surface area is 120 Å². The summed E-state index contributed by atoms with van der Waals surface area (Å²) in [7, 11) is 0. The second kappa shape index (κ2) is 5.94. The van der Waals surface area contributed by atoms with Crippen LogP contribution in [0.5, 0.6) is 0 Å². The molecule has 1 fully saturated rings. The number of nitro benzene ring substituents is 1. The summed E-state index contributed by atoms with van der Waals surface area (Å²) in [6.45, 7) is 0.111. The lowest BCUT2D eigenvalue weighted by Gasteiger charge is -2.21. The van der Waals surface area contributed by atoms with Crippen molar-refractivity contribution in [3.05, 3.63) is 32.3 Å². The summed E-state index contributed by atoms with van der Waals surface area (Å²) in [6, 6.07) is 2.65. The van der Waals surface area contributed by atoms with Gasteiger partial charge >= 0.3 is 0 Å². The van der Waals surface area contributed by atoms with Crippen molar-refractivity contribution in [3.8, 4) is 0 Å². The lowest BCUT2D eigenvalue weighted by atomic mass is 10.0. The maximum absolute atomic E-state index is 10.7. The topological polar surface area (TPSA) is 75.4 Å². The molecule has 2 atom stereocenters. The molecule has 2 unspecified atom stereocenters. The van der Waals surface area contributed by atoms with Gasteiger partial charge in [0.1, 0.15) is 0 Å². The molecule has 0 aromatic heterocycles. The van der Waals surface area contributed by atoms with Gasteiger partial charge in [-0.25, -0.2) is 0 Å². The van der Waals surface area contributed by atoms with E-state index in [1.54, 1.807) is 0 Å². The number of anilines is 1. The molecule has 0 heterocycles. The minimum atomic E-state index is -0.534. The molecule has 5 nitrogen and oxygen atoms in total. The molecule has 1 saturated carbocycles. The number of aliphatic hydroxyl groups excluding tert-OH is 1. The Hall–Kier alpha value is -1.04. The molecule has 0 saturated heterocycles. The number of benzene rings is 1. The maximum Gasteiger partial charge on any atom is 0.272 e. The van der Waals surface area contributed by atoms with Gasteiger partial charge in [-0.15, -0.1) is 0 Å². The molecular weight excluding hydrogens is 291 g/mol. The van der Waals surface area contributed by atoms with Crippen molar-refractivity contribution in [2.45, 2.75) is 25.3 Å². The molecule has 1 aromatic rings. The predicted octanol–water partition coefficient (Wildman–Crippen LogP) is 3.47. The number of nitro groups is 1. The average Bonchev–Trinajstić information content (AvgIpc) is 2.80. The number of halogens is 2. The van der Waals surface area contributed by atoms with Crippen LogP contribution >= 0.6 is 23.2 Å². The van der Waals surface area contributed by atoms with Gasteiger partial charge < -0.3 is 10.4 Å². The van der Waals surface area contributed by atoms with Crippen molar-refractivity contribution in [2.24, 2.45) is 5.92 Å². The van der Waals surface area contributed by atoms with E-state index in [-0.39, 0.29) is 34.3 Å². The van der Waals surface area contributed by atoms with E-state index in [1.165, 1.54) is 12.1 Å². The van der Waals surface area contributed by atoms with E-state index in [9.17, 15) is 15.2 Å². The fourth-order valence-corrected chi connectivity index (χ4v) is 3.02. The smallest absolute Gasteiger partial charge is 0.272 e. The second-order valence-corrected chi connectivity index (χ2v) is 5.48. The van der Waals surface area contributed by atoms with Gasteiger partial charge in [-0.3, -0.25) is 10.1 Å². The first-order valence-electron chi connectivity index (χ1n) is 6.03. The Morgan fingerprint density at radius 3 is 2.53 bits per heavy atom. The number of hydrogen-bond acceptors (Lipinski definition) is 4. The molecular formula is C12H14Cl2N2O3. The first kappa shape index (κ1) is 14.4. The highest BCUT2D eigenvalue weighted by molar-refractivity contribution is 6.39. The Morgan fingerprint density at radius 2 is 2.00 bits per heavy atom. The van der Waals surface area contributed by atoms with Gasteiger partial charge in [-0.05, 0) is 12.8 Å². The van der Waals surface area contributed by atoms with Gasteiger partial charge in [0.05, 0.1) is 20.7 Å². The fourth-order valence-electron chi connectivity index (χ4n) is 2.43. The Kier molecular flexibility index (Phi) is 4.50. The standard InChI is InChI=1S/C12H14Cl2N2O3/c13-9-4-8(16(18)19)5-10(14)12(9)15-11-3-1-2-7(11)6-17/h4-5,7,11,15,17H,1-3,6H2. The van der Waals surface area contributed by atoms with Gasteiger partial charge in [0.25, 0.3) is 5.69 Å². The lowest BCUT2D eigenvalue weighted by molar-refractivity contribution is -0.384. The third-order valence-corrected chi connectivity index (χ3v) is 4.06. The number of aliphatic hydroxyl groups is 1. The number of hydrogen-bond donors (Lipinski definition) is 2. The lowest BCUT2D eigenvalue weighted by Crippen LogP contribution is -2.26. The monoisotopic (exact) mass is 304 g/mol. The van der Waals surface area contributed by atoms with E-state index in [0.29, 0.717) is 5.69 Å². The highest BCUT2D eigenvalue weighted by Gasteiger charge is 2.28. The number of nitrogens with one attached hydrogen (secondary N) is 1. The number of rotatable bonds is 4. The maximum atomic E-state index is 10.7. The summed E-state index contributed by atoms with van der Waals surface area (Å²) >= 11 is 12.1. The molecule has 104 valence electrons. The van der Waals surface area contributed by atoms with Crippen LogP contribution in [0.3, 0.4) is 0 Å². The zero-order chi connectivity index (χ0) is 14.0. The van der Waals surface area contributed by atoms with Crippen LogP contribution < -0.4 is 5.32 Å². The first-order chi connectivity index (χ1) is 9.02. The first-order valence-corrected chi connectivity index (χ1v) is 6.79. The molecule has 19 heavy (non-hydrogen) atoms. The van der Waals surface area contributed by atoms with Crippen molar-refractivity contribution >= 4 is 34.6 Å². The van der Waals surface area contributed by atoms with E-state index in [1.807, 2.05) is 0 Å². The highest BCUT2D eigenvalue weighted by Crippen LogP contribution is 2.37. The minimum Gasteiger partial charge on any atom is -0.396 e. The quantitative estimate of drug-likeness (QED) is 0.659. The van der Waals surface area contributed by atoms with Crippen LogP contribution in [0.15, 0.2) is 12.1 Å². The zero-order valence-corrected chi connectivity index (χ0v) is 11.6. The van der Waals surface area contributed by atoms with Gasteiger partial charge in [-0.2, -0.15) is 0 Å². The summed E-state index contributed by atoms with van der Waals surface area (Å²) in [4.78, 5) is 10.2. The van der Waals surface area contributed by atoms with Crippen LogP contribution in [0.2, 0.25) is 10.0 Å². The number of nitrogens with zero attached hydrogens (tertiary/aromatic N) is 1. The molecule has 1 aromatic carbocycles. The van der Waals surface area contributed by atoms with Crippen LogP contribution in [-0.4, -0.2) is 22.7 Å². The van der Waals surface area contributed by atoms with Gasteiger partial charge in [-0.1, -0.05) is 29.6 Å². The second-order valence-electron chi connectivity index (χ2n) is 4.67. The summed E-state index contributed by atoms with van der Waals surface area (Å²) < 4.78 is 0. The van der Waals surface area contributed by atoms with E-state index in [2.05, 4.69) is 5.32 Å². The van der Waals surface area contributed by atoms with Crippen molar-refractivity contribution in [3.63, 3.8) is 0 Å². The van der Waals surface area contributed by atoms with Crippen LogP contribution in [0.4, 0.5) is 11.4 Å². The molecule has 2 N–H and O–H groups in total. The molecule has 1 aliphatic carbocycles. The molecule has 0 amide bonds. The summed E-state index contributed by atoms with van der Waals surface area (Å²) in [6.07, 6.45) is 2.91. The summed E-state index contributed by atoms with van der Waals surface area (Å²) in [5, 5.41) is 23.6. The Morgan fingerprint density at radius 1 is 1.37 bits per heavy atom. The predicted molar refractivity (Wildman–Crippen MR) is 75.0 cm³/mol. The molecule has 0 aliphatic heterocycles. The fraction of sp³-hybridized carbons (Fsp3) is 0.500. The van der Waals surface area contributed by atoms with Crippen molar-refractivity contribution < 1.29 is 10.0 Å². The Balaban J connectivity index is 2.23. The SMILES string of the molecule is O=[N+]([O-])c1cc(Cl)c(NC2CCCC2CO)c(Cl)c1. The third kappa shape index (κ3) is 3.11. The van der Waals surface area contributed by atoms with E-state index in [4.69, 9.17) is 23.2 Å². The Bertz CT molecular complexity index is 473. The normalized spacial score (nSPS) is 22.5. The minimum absolute atomic E-state index is 0.0986. The molecule has 1 aliphatic rings. The van der Waals surface area contributed by atoms with Crippen molar-refractivity contribution in [1.82, 2.24) is 0 Å². The number of non-ortho nitro benzene ring substituents is 1. The van der Waals surface area contributed by atoms with Gasteiger partial charge in [0.15, 0.2) is 0 Å². The van der Waals surface area contributed by atoms with Crippen LogP contribution in [0.25, 0.3) is 0 Å². The van der Waals surface area contributed by atoms with Gasteiger partial charge in [0.2, 0.25) is 0 Å². The highest BCUT2D eigenvalue weighted by atomic mass is 35.5. The van der Waals surface area contributed by atoms with Crippen molar-refractivity contribution in [1.29, 1.82) is 0 Å². The summed E-state index contributed by atoms with van der Waals surface area (Å²) in [5.74, 6) is 0.169. The van der Waals surface area contributed by atoms with Gasteiger partial charge in [0, 0.05) is 30.7 Å². The average molecular weight is 305 g/mol. The molecule has 2 rings (SSSR count).